The predicted octanol–water partition coefficient (Wildman–Crippen LogP) is 3.47. The molecule has 3 nitrogen and oxygen atoms in total. The van der Waals surface area contributed by atoms with Gasteiger partial charge in [-0.15, -0.1) is 0 Å². The molecule has 0 fully saturated rings. The molecule has 24 heavy (non-hydrogen) atoms. The van der Waals surface area contributed by atoms with Crippen LogP contribution in [-0.2, 0) is 11.2 Å². The molecule has 128 valence electrons. The molecule has 0 aliphatic rings. The van der Waals surface area contributed by atoms with E-state index >= 15 is 0 Å². The molecule has 0 saturated heterocycles. The summed E-state index contributed by atoms with van der Waals surface area (Å²) in [5.41, 5.74) is 0.525. The van der Waals surface area contributed by atoms with Crippen molar-refractivity contribution < 1.29 is 15.0 Å². The van der Waals surface area contributed by atoms with E-state index in [9.17, 15) is 15.0 Å². The number of Topliss-reactive ketones (excluding diaryl/α,β-unsaturated/α-hetero) is 1. The van der Waals surface area contributed by atoms with E-state index in [-0.39, 0.29) is 5.78 Å². The van der Waals surface area contributed by atoms with Gasteiger partial charge in [-0.3, -0.25) is 4.79 Å². The SMILES string of the molecule is CC(C)(O)Cc1ccc(C(C(=O)C(C)(C)O)c2ccccc2)cc1. The fourth-order valence-corrected chi connectivity index (χ4v) is 2.82. The van der Waals surface area contributed by atoms with Gasteiger partial charge in [0, 0.05) is 6.42 Å². The fraction of sp³-hybridized carbons (Fsp3) is 0.381. The molecule has 2 N–H and O–H groups in total. The zero-order valence-corrected chi connectivity index (χ0v) is 14.8. The molecule has 1 unspecified atom stereocenters. The first-order chi connectivity index (χ1) is 11.1. The Bertz CT molecular complexity index is 674. The lowest BCUT2D eigenvalue weighted by molar-refractivity contribution is -0.134. The van der Waals surface area contributed by atoms with Gasteiger partial charge in [0.25, 0.3) is 0 Å². The number of aliphatic hydroxyl groups is 2. The summed E-state index contributed by atoms with van der Waals surface area (Å²) in [4.78, 5) is 12.8. The third kappa shape index (κ3) is 4.76. The van der Waals surface area contributed by atoms with Crippen molar-refractivity contribution in [1.82, 2.24) is 0 Å². The van der Waals surface area contributed by atoms with Gasteiger partial charge in [-0.2, -0.15) is 0 Å². The van der Waals surface area contributed by atoms with Crippen LogP contribution in [0.25, 0.3) is 0 Å². The molecular weight excluding hydrogens is 300 g/mol. The van der Waals surface area contributed by atoms with E-state index in [0.717, 1.165) is 16.7 Å². The Balaban J connectivity index is 2.39. The van der Waals surface area contributed by atoms with E-state index in [1.165, 1.54) is 13.8 Å². The largest absolute Gasteiger partial charge is 0.390 e. The summed E-state index contributed by atoms with van der Waals surface area (Å²) in [6.45, 7) is 6.58. The fourth-order valence-electron chi connectivity index (χ4n) is 2.82. The number of rotatable bonds is 6. The topological polar surface area (TPSA) is 57.5 Å². The summed E-state index contributed by atoms with van der Waals surface area (Å²) in [5, 5.41) is 20.1. The number of hydrogen-bond acceptors (Lipinski definition) is 3. The number of benzene rings is 2. The van der Waals surface area contributed by atoms with E-state index in [2.05, 4.69) is 0 Å². The molecule has 0 aromatic heterocycles. The molecular formula is C21H26O3. The van der Waals surface area contributed by atoms with E-state index in [1.54, 1.807) is 13.8 Å². The Morgan fingerprint density at radius 1 is 0.875 bits per heavy atom. The molecule has 0 amide bonds. The highest BCUT2D eigenvalue weighted by atomic mass is 16.3. The van der Waals surface area contributed by atoms with Gasteiger partial charge in [0.2, 0.25) is 0 Å². The first-order valence-corrected chi connectivity index (χ1v) is 8.21. The van der Waals surface area contributed by atoms with Gasteiger partial charge < -0.3 is 10.2 Å². The molecule has 3 heteroatoms. The van der Waals surface area contributed by atoms with Crippen LogP contribution >= 0.6 is 0 Å². The van der Waals surface area contributed by atoms with E-state index < -0.39 is 17.1 Å². The van der Waals surface area contributed by atoms with Gasteiger partial charge in [0.15, 0.2) is 5.78 Å². The molecule has 0 heterocycles. The lowest BCUT2D eigenvalue weighted by Crippen LogP contribution is -2.36. The summed E-state index contributed by atoms with van der Waals surface area (Å²) >= 11 is 0. The van der Waals surface area contributed by atoms with Gasteiger partial charge in [-0.25, -0.2) is 0 Å². The summed E-state index contributed by atoms with van der Waals surface area (Å²) in [5.74, 6) is -0.744. The quantitative estimate of drug-likeness (QED) is 0.854. The van der Waals surface area contributed by atoms with Crippen LogP contribution in [-0.4, -0.2) is 27.2 Å². The molecule has 1 atom stereocenters. The Hall–Kier alpha value is -1.97. The maximum atomic E-state index is 12.8. The molecule has 0 aliphatic carbocycles. The summed E-state index contributed by atoms with van der Waals surface area (Å²) in [7, 11) is 0. The predicted molar refractivity (Wildman–Crippen MR) is 96.0 cm³/mol. The minimum Gasteiger partial charge on any atom is -0.390 e. The minimum absolute atomic E-state index is 0.232. The maximum Gasteiger partial charge on any atom is 0.175 e. The highest BCUT2D eigenvalue weighted by Crippen LogP contribution is 2.30. The third-order valence-corrected chi connectivity index (χ3v) is 3.95. The van der Waals surface area contributed by atoms with Crippen LogP contribution in [0.15, 0.2) is 54.6 Å². The summed E-state index contributed by atoms with van der Waals surface area (Å²) in [6.07, 6.45) is 0.544. The van der Waals surface area contributed by atoms with Crippen LogP contribution in [0, 0.1) is 0 Å². The van der Waals surface area contributed by atoms with Crippen molar-refractivity contribution in [3.05, 3.63) is 71.3 Å². The van der Waals surface area contributed by atoms with Crippen LogP contribution in [0.2, 0.25) is 0 Å². The zero-order chi connectivity index (χ0) is 18.0. The zero-order valence-electron chi connectivity index (χ0n) is 14.8. The first kappa shape index (κ1) is 18.4. The van der Waals surface area contributed by atoms with Gasteiger partial charge >= 0.3 is 0 Å². The van der Waals surface area contributed by atoms with Crippen LogP contribution < -0.4 is 0 Å². The van der Waals surface area contributed by atoms with E-state index in [1.807, 2.05) is 54.6 Å². The molecule has 2 rings (SSSR count). The van der Waals surface area contributed by atoms with E-state index in [0.29, 0.717) is 6.42 Å². The van der Waals surface area contributed by atoms with Crippen molar-refractivity contribution >= 4 is 5.78 Å². The number of ketones is 1. The molecule has 2 aromatic carbocycles. The standard InChI is InChI=1S/C21H26O3/c1-20(2,23)14-15-10-12-17(13-11-15)18(19(22)21(3,4)24)16-8-6-5-7-9-16/h5-13,18,23-24H,14H2,1-4H3. The van der Waals surface area contributed by atoms with Crippen molar-refractivity contribution in [3.63, 3.8) is 0 Å². The summed E-state index contributed by atoms with van der Waals surface area (Å²) < 4.78 is 0. The Morgan fingerprint density at radius 2 is 1.38 bits per heavy atom. The van der Waals surface area contributed by atoms with Crippen molar-refractivity contribution in [2.24, 2.45) is 0 Å². The number of carbonyl (C=O) groups excluding carboxylic acids is 1. The molecule has 0 aliphatic heterocycles. The highest BCUT2D eigenvalue weighted by molar-refractivity contribution is 5.95. The first-order valence-electron chi connectivity index (χ1n) is 8.21. The highest BCUT2D eigenvalue weighted by Gasteiger charge is 2.33. The van der Waals surface area contributed by atoms with Crippen molar-refractivity contribution in [2.45, 2.75) is 51.2 Å². The molecule has 2 aromatic rings. The second-order valence-electron chi connectivity index (χ2n) is 7.50. The second-order valence-corrected chi connectivity index (χ2v) is 7.50. The Kier molecular flexibility index (Phi) is 5.26. The smallest absolute Gasteiger partial charge is 0.175 e. The summed E-state index contributed by atoms with van der Waals surface area (Å²) in [6, 6.07) is 17.2. The maximum absolute atomic E-state index is 12.8. The van der Waals surface area contributed by atoms with Gasteiger partial charge in [-0.1, -0.05) is 54.6 Å². The third-order valence-electron chi connectivity index (χ3n) is 3.95. The Morgan fingerprint density at radius 3 is 1.83 bits per heavy atom. The molecule has 0 spiro atoms. The van der Waals surface area contributed by atoms with Crippen molar-refractivity contribution in [2.75, 3.05) is 0 Å². The second kappa shape index (κ2) is 6.88. The van der Waals surface area contributed by atoms with Crippen LogP contribution in [0.3, 0.4) is 0 Å². The molecule has 0 radical (unpaired) electrons. The minimum atomic E-state index is -1.41. The average molecular weight is 326 g/mol. The van der Waals surface area contributed by atoms with Gasteiger partial charge in [-0.05, 0) is 44.4 Å². The van der Waals surface area contributed by atoms with Crippen LogP contribution in [0.5, 0.6) is 0 Å². The van der Waals surface area contributed by atoms with Crippen LogP contribution in [0.1, 0.15) is 50.3 Å². The van der Waals surface area contributed by atoms with Crippen LogP contribution in [0.4, 0.5) is 0 Å². The molecule has 0 bridgehead atoms. The normalized spacial score (nSPS) is 13.6. The Labute approximate surface area is 144 Å². The monoisotopic (exact) mass is 326 g/mol. The lowest BCUT2D eigenvalue weighted by Gasteiger charge is -2.25. The van der Waals surface area contributed by atoms with Crippen molar-refractivity contribution in [3.8, 4) is 0 Å². The van der Waals surface area contributed by atoms with Crippen molar-refractivity contribution in [1.29, 1.82) is 0 Å². The number of carbonyl (C=O) groups is 1. The molecule has 0 saturated carbocycles. The number of hydrogen-bond donors (Lipinski definition) is 2. The van der Waals surface area contributed by atoms with Gasteiger partial charge in [0.05, 0.1) is 11.5 Å². The van der Waals surface area contributed by atoms with E-state index in [4.69, 9.17) is 0 Å². The average Bonchev–Trinajstić information content (AvgIpc) is 2.48. The lowest BCUT2D eigenvalue weighted by atomic mass is 9.81. The van der Waals surface area contributed by atoms with Gasteiger partial charge in [0.1, 0.15) is 5.60 Å².